The highest BCUT2D eigenvalue weighted by atomic mass is 14.3. The van der Waals surface area contributed by atoms with Crippen LogP contribution in [0.5, 0.6) is 0 Å². The Kier molecular flexibility index (Phi) is 1.71. The van der Waals surface area contributed by atoms with Crippen molar-refractivity contribution < 1.29 is 0 Å². The zero-order valence-corrected chi connectivity index (χ0v) is 9.55. The molecule has 0 radical (unpaired) electrons. The summed E-state index contributed by atoms with van der Waals surface area (Å²) in [6.45, 7) is 0. The molecule has 4 aliphatic carbocycles. The summed E-state index contributed by atoms with van der Waals surface area (Å²) in [5.41, 5.74) is 9.80. The van der Waals surface area contributed by atoms with E-state index in [-0.39, 0.29) is 0 Å². The average Bonchev–Trinajstić information content (AvgIpc) is 2.36. The summed E-state index contributed by atoms with van der Waals surface area (Å²) >= 11 is 0. The lowest BCUT2D eigenvalue weighted by molar-refractivity contribution is 0.793. The third kappa shape index (κ3) is 1.05. The van der Waals surface area contributed by atoms with Crippen LogP contribution in [0.3, 0.4) is 0 Å². The molecule has 0 aromatic heterocycles. The first kappa shape index (κ1) is 8.81. The number of allylic oxidation sites excluding steroid dienone is 10. The Labute approximate surface area is 96.7 Å². The van der Waals surface area contributed by atoms with E-state index in [4.69, 9.17) is 0 Å². The lowest BCUT2D eigenvalue weighted by Gasteiger charge is -2.36. The van der Waals surface area contributed by atoms with Gasteiger partial charge in [0.15, 0.2) is 0 Å². The molecule has 0 amide bonds. The molecule has 0 atom stereocenters. The van der Waals surface area contributed by atoms with Crippen LogP contribution in [0.1, 0.15) is 38.5 Å². The van der Waals surface area contributed by atoms with Gasteiger partial charge >= 0.3 is 0 Å². The van der Waals surface area contributed by atoms with E-state index in [1.807, 2.05) is 0 Å². The van der Waals surface area contributed by atoms with Crippen molar-refractivity contribution in [2.75, 3.05) is 0 Å². The topological polar surface area (TPSA) is 0 Å². The minimum atomic E-state index is 1.17. The molecule has 0 bridgehead atoms. The SMILES string of the molecule is C1=C2CCC3=CCC=C4CCC(=CC1)C2=C34. The van der Waals surface area contributed by atoms with Gasteiger partial charge in [0.25, 0.3) is 0 Å². The van der Waals surface area contributed by atoms with Gasteiger partial charge in [-0.25, -0.2) is 0 Å². The van der Waals surface area contributed by atoms with Gasteiger partial charge in [-0.05, 0) is 72.0 Å². The second kappa shape index (κ2) is 3.10. The summed E-state index contributed by atoms with van der Waals surface area (Å²) in [6, 6.07) is 0. The average molecular weight is 208 g/mol. The molecule has 0 fully saturated rings. The van der Waals surface area contributed by atoms with E-state index in [9.17, 15) is 0 Å². The Morgan fingerprint density at radius 3 is 1.12 bits per heavy atom. The van der Waals surface area contributed by atoms with E-state index in [0.717, 1.165) is 0 Å². The van der Waals surface area contributed by atoms with E-state index in [0.29, 0.717) is 0 Å². The van der Waals surface area contributed by atoms with Crippen LogP contribution in [-0.4, -0.2) is 0 Å². The van der Waals surface area contributed by atoms with E-state index >= 15 is 0 Å². The normalized spacial score (nSPS) is 26.5. The summed E-state index contributed by atoms with van der Waals surface area (Å²) in [7, 11) is 0. The smallest absolute Gasteiger partial charge is 0.0120 e. The molecule has 0 unspecified atom stereocenters. The van der Waals surface area contributed by atoms with Gasteiger partial charge in [-0.15, -0.1) is 0 Å². The van der Waals surface area contributed by atoms with Gasteiger partial charge < -0.3 is 0 Å². The molecule has 4 rings (SSSR count). The number of hydrogen-bond donors (Lipinski definition) is 0. The van der Waals surface area contributed by atoms with Crippen molar-refractivity contribution in [3.63, 3.8) is 0 Å². The van der Waals surface area contributed by atoms with E-state index in [1.54, 1.807) is 33.4 Å². The second-order valence-electron chi connectivity index (χ2n) is 5.14. The van der Waals surface area contributed by atoms with Gasteiger partial charge in [0, 0.05) is 0 Å². The van der Waals surface area contributed by atoms with E-state index in [2.05, 4.69) is 24.3 Å². The fraction of sp³-hybridized carbons (Fsp3) is 0.375. The van der Waals surface area contributed by atoms with Crippen LogP contribution in [0.15, 0.2) is 57.7 Å². The summed E-state index contributed by atoms with van der Waals surface area (Å²) in [6.07, 6.45) is 17.2. The lowest BCUT2D eigenvalue weighted by Crippen LogP contribution is -2.17. The Morgan fingerprint density at radius 1 is 0.500 bits per heavy atom. The Hall–Kier alpha value is -1.30. The van der Waals surface area contributed by atoms with Gasteiger partial charge in [-0.1, -0.05) is 24.3 Å². The zero-order valence-electron chi connectivity index (χ0n) is 9.55. The summed E-state index contributed by atoms with van der Waals surface area (Å²) < 4.78 is 0. The maximum absolute atomic E-state index is 2.44. The molecule has 80 valence electrons. The van der Waals surface area contributed by atoms with E-state index in [1.165, 1.54) is 38.5 Å². The van der Waals surface area contributed by atoms with Crippen LogP contribution in [0.25, 0.3) is 0 Å². The van der Waals surface area contributed by atoms with Crippen LogP contribution in [0.2, 0.25) is 0 Å². The zero-order chi connectivity index (χ0) is 10.5. The van der Waals surface area contributed by atoms with Gasteiger partial charge in [0.05, 0.1) is 0 Å². The van der Waals surface area contributed by atoms with Gasteiger partial charge in [-0.3, -0.25) is 0 Å². The van der Waals surface area contributed by atoms with Gasteiger partial charge in [0.2, 0.25) is 0 Å². The summed E-state index contributed by atoms with van der Waals surface area (Å²) in [4.78, 5) is 0. The second-order valence-corrected chi connectivity index (χ2v) is 5.14. The molecule has 0 nitrogen and oxygen atoms in total. The first-order valence-electron chi connectivity index (χ1n) is 6.45. The predicted octanol–water partition coefficient (Wildman–Crippen LogP) is 4.38. The van der Waals surface area contributed by atoms with Crippen LogP contribution >= 0.6 is 0 Å². The molecule has 0 heterocycles. The first-order valence-corrected chi connectivity index (χ1v) is 6.45. The largest absolute Gasteiger partial charge is 0.0769 e. The fourth-order valence-corrected chi connectivity index (χ4v) is 3.60. The Balaban J connectivity index is 2.03. The highest BCUT2D eigenvalue weighted by molar-refractivity contribution is 5.68. The predicted molar refractivity (Wildman–Crippen MR) is 67.1 cm³/mol. The van der Waals surface area contributed by atoms with Crippen molar-refractivity contribution in [2.45, 2.75) is 38.5 Å². The van der Waals surface area contributed by atoms with Crippen LogP contribution in [-0.2, 0) is 0 Å². The molecule has 16 heavy (non-hydrogen) atoms. The molecule has 0 aromatic rings. The van der Waals surface area contributed by atoms with Crippen molar-refractivity contribution in [3.8, 4) is 0 Å². The minimum Gasteiger partial charge on any atom is -0.0769 e. The van der Waals surface area contributed by atoms with E-state index < -0.39 is 0 Å². The maximum Gasteiger partial charge on any atom is -0.0120 e. The van der Waals surface area contributed by atoms with Crippen LogP contribution < -0.4 is 0 Å². The van der Waals surface area contributed by atoms with Gasteiger partial charge in [0.1, 0.15) is 0 Å². The quantitative estimate of drug-likeness (QED) is 0.554. The maximum atomic E-state index is 2.44. The molecule has 0 aliphatic heterocycles. The van der Waals surface area contributed by atoms with Gasteiger partial charge in [-0.2, -0.15) is 0 Å². The number of rotatable bonds is 0. The third-order valence-electron chi connectivity index (χ3n) is 4.32. The first-order chi connectivity index (χ1) is 7.93. The standard InChI is InChI=1S/C16H16/c1-3-11-7-9-13-5-2-6-14-10-8-12(4-1)15(11)16(13)14/h3-6H,1-2,7-10H2. The lowest BCUT2D eigenvalue weighted by atomic mass is 9.68. The van der Waals surface area contributed by atoms with Crippen LogP contribution in [0.4, 0.5) is 0 Å². The van der Waals surface area contributed by atoms with Crippen molar-refractivity contribution in [2.24, 2.45) is 0 Å². The molecule has 0 saturated heterocycles. The molecule has 0 heteroatoms. The molecular weight excluding hydrogens is 192 g/mol. The van der Waals surface area contributed by atoms with Crippen molar-refractivity contribution >= 4 is 0 Å². The van der Waals surface area contributed by atoms with Crippen molar-refractivity contribution in [3.05, 3.63) is 57.7 Å². The molecule has 4 aliphatic rings. The van der Waals surface area contributed by atoms with Crippen molar-refractivity contribution in [1.29, 1.82) is 0 Å². The molecule has 0 spiro atoms. The van der Waals surface area contributed by atoms with Crippen LogP contribution in [0, 0.1) is 0 Å². The summed E-state index contributed by atoms with van der Waals surface area (Å²) in [5.74, 6) is 0. The fourth-order valence-electron chi connectivity index (χ4n) is 3.60. The monoisotopic (exact) mass is 208 g/mol. The highest BCUT2D eigenvalue weighted by Gasteiger charge is 2.31. The molecule has 0 aromatic carbocycles. The number of hydrogen-bond acceptors (Lipinski definition) is 0. The summed E-state index contributed by atoms with van der Waals surface area (Å²) in [5, 5.41) is 0. The molecule has 0 N–H and O–H groups in total. The molecule has 0 saturated carbocycles. The van der Waals surface area contributed by atoms with Crippen molar-refractivity contribution in [1.82, 2.24) is 0 Å². The molecular formula is C16H16. The Morgan fingerprint density at radius 2 is 0.812 bits per heavy atom. The Bertz CT molecular complexity index is 426. The third-order valence-corrected chi connectivity index (χ3v) is 4.32. The minimum absolute atomic E-state index is 1.17. The highest BCUT2D eigenvalue weighted by Crippen LogP contribution is 2.49.